The first-order valence-electron chi connectivity index (χ1n) is 4.38. The summed E-state index contributed by atoms with van der Waals surface area (Å²) in [4.78, 5) is 0. The third kappa shape index (κ3) is 1.92. The monoisotopic (exact) mass is 258 g/mol. The summed E-state index contributed by atoms with van der Waals surface area (Å²) < 4.78 is 10.4. The summed E-state index contributed by atoms with van der Waals surface area (Å²) in [5.41, 5.74) is 1.88. The van der Waals surface area contributed by atoms with Gasteiger partial charge in [-0.3, -0.25) is 0 Å². The molecule has 0 fully saturated rings. The molecule has 1 atom stereocenters. The van der Waals surface area contributed by atoms with Crippen LogP contribution in [0.5, 0.6) is 5.75 Å². The predicted molar refractivity (Wildman–Crippen MR) is 55.5 cm³/mol. The van der Waals surface area contributed by atoms with Gasteiger partial charge in [-0.05, 0) is 17.7 Å². The maximum atomic E-state index is 9.60. The van der Waals surface area contributed by atoms with Crippen LogP contribution in [0, 0.1) is 0 Å². The van der Waals surface area contributed by atoms with Gasteiger partial charge in [0.15, 0.2) is 6.79 Å². The Hall–Kier alpha value is -0.580. The molecule has 1 aliphatic heterocycles. The molecule has 0 spiro atoms. The molecule has 0 bridgehead atoms. The lowest BCUT2D eigenvalue weighted by Gasteiger charge is -2.19. The highest BCUT2D eigenvalue weighted by atomic mass is 79.9. The number of ether oxygens (including phenoxy) is 2. The Kier molecular flexibility index (Phi) is 3.05. The van der Waals surface area contributed by atoms with Crippen molar-refractivity contribution in [2.75, 3.05) is 12.1 Å². The molecule has 0 amide bonds. The lowest BCUT2D eigenvalue weighted by Crippen LogP contribution is -2.12. The van der Waals surface area contributed by atoms with E-state index >= 15 is 0 Å². The van der Waals surface area contributed by atoms with Crippen molar-refractivity contribution in [3.8, 4) is 5.75 Å². The zero-order valence-corrected chi connectivity index (χ0v) is 9.16. The van der Waals surface area contributed by atoms with E-state index in [1.54, 1.807) is 0 Å². The summed E-state index contributed by atoms with van der Waals surface area (Å²) in [7, 11) is 0. The standard InChI is InChI=1S/C10H11BrO3/c11-4-9(12)7-1-2-10-8(3-7)5-13-6-14-10/h1-3,9,12H,4-6H2/t9-/m0/s1. The molecule has 0 aliphatic carbocycles. The van der Waals surface area contributed by atoms with Gasteiger partial charge in [0.1, 0.15) is 5.75 Å². The Morgan fingerprint density at radius 1 is 1.50 bits per heavy atom. The number of fused-ring (bicyclic) bond motifs is 1. The summed E-state index contributed by atoms with van der Waals surface area (Å²) in [6.07, 6.45) is -0.470. The van der Waals surface area contributed by atoms with Gasteiger partial charge in [-0.25, -0.2) is 0 Å². The fourth-order valence-corrected chi connectivity index (χ4v) is 1.78. The number of hydrogen-bond donors (Lipinski definition) is 1. The molecule has 1 aromatic rings. The van der Waals surface area contributed by atoms with Crippen molar-refractivity contribution in [3.05, 3.63) is 29.3 Å². The summed E-state index contributed by atoms with van der Waals surface area (Å²) in [5, 5.41) is 10.1. The molecule has 76 valence electrons. The summed E-state index contributed by atoms with van der Waals surface area (Å²) in [6, 6.07) is 5.66. The quantitative estimate of drug-likeness (QED) is 0.825. The fourth-order valence-electron chi connectivity index (χ4n) is 1.41. The molecule has 2 rings (SSSR count). The Balaban J connectivity index is 2.29. The minimum atomic E-state index is -0.470. The van der Waals surface area contributed by atoms with Crippen molar-refractivity contribution in [1.29, 1.82) is 0 Å². The maximum Gasteiger partial charge on any atom is 0.189 e. The number of benzene rings is 1. The van der Waals surface area contributed by atoms with Crippen LogP contribution in [0.1, 0.15) is 17.2 Å². The fraction of sp³-hybridized carbons (Fsp3) is 0.400. The van der Waals surface area contributed by atoms with Gasteiger partial charge in [-0.15, -0.1) is 0 Å². The molecule has 1 aliphatic rings. The lowest BCUT2D eigenvalue weighted by molar-refractivity contribution is -0.0165. The average Bonchev–Trinajstić information content (AvgIpc) is 2.27. The molecule has 0 saturated carbocycles. The SMILES string of the molecule is O[C@@H](CBr)c1ccc2c(c1)COCO2. The highest BCUT2D eigenvalue weighted by Crippen LogP contribution is 2.27. The second-order valence-electron chi connectivity index (χ2n) is 3.15. The number of alkyl halides is 1. The van der Waals surface area contributed by atoms with Crippen molar-refractivity contribution in [2.45, 2.75) is 12.7 Å². The molecule has 0 radical (unpaired) electrons. The van der Waals surface area contributed by atoms with Crippen molar-refractivity contribution in [1.82, 2.24) is 0 Å². The first kappa shape index (κ1) is 9.96. The van der Waals surface area contributed by atoms with Gasteiger partial charge < -0.3 is 14.6 Å². The van der Waals surface area contributed by atoms with E-state index in [0.717, 1.165) is 16.9 Å². The first-order chi connectivity index (χ1) is 6.81. The lowest BCUT2D eigenvalue weighted by atomic mass is 10.1. The van der Waals surface area contributed by atoms with Crippen molar-refractivity contribution in [3.63, 3.8) is 0 Å². The maximum absolute atomic E-state index is 9.60. The highest BCUT2D eigenvalue weighted by Gasteiger charge is 2.13. The third-order valence-corrected chi connectivity index (χ3v) is 2.78. The van der Waals surface area contributed by atoms with E-state index in [2.05, 4.69) is 15.9 Å². The molecule has 0 aromatic heterocycles. The van der Waals surface area contributed by atoms with Crippen molar-refractivity contribution in [2.24, 2.45) is 0 Å². The van der Waals surface area contributed by atoms with Crippen LogP contribution in [-0.2, 0) is 11.3 Å². The summed E-state index contributed by atoms with van der Waals surface area (Å²) >= 11 is 3.24. The van der Waals surface area contributed by atoms with Crippen LogP contribution >= 0.6 is 15.9 Å². The summed E-state index contributed by atoms with van der Waals surface area (Å²) in [5.74, 6) is 0.849. The number of rotatable bonds is 2. The number of halogens is 1. The molecule has 1 aromatic carbocycles. The van der Waals surface area contributed by atoms with E-state index in [0.29, 0.717) is 18.7 Å². The van der Waals surface area contributed by atoms with Crippen LogP contribution in [0.4, 0.5) is 0 Å². The van der Waals surface area contributed by atoms with Crippen LogP contribution in [-0.4, -0.2) is 17.2 Å². The van der Waals surface area contributed by atoms with E-state index in [-0.39, 0.29) is 0 Å². The Morgan fingerprint density at radius 2 is 2.36 bits per heavy atom. The van der Waals surface area contributed by atoms with Gasteiger partial charge in [0.2, 0.25) is 0 Å². The molecular weight excluding hydrogens is 248 g/mol. The van der Waals surface area contributed by atoms with Gasteiger partial charge in [-0.2, -0.15) is 0 Å². The predicted octanol–water partition coefficient (Wildman–Crippen LogP) is 1.98. The van der Waals surface area contributed by atoms with Crippen LogP contribution < -0.4 is 4.74 Å². The minimum Gasteiger partial charge on any atom is -0.467 e. The average molecular weight is 259 g/mol. The smallest absolute Gasteiger partial charge is 0.189 e. The van der Waals surface area contributed by atoms with E-state index in [9.17, 15) is 5.11 Å². The molecule has 4 heteroatoms. The molecule has 3 nitrogen and oxygen atoms in total. The van der Waals surface area contributed by atoms with Gasteiger partial charge >= 0.3 is 0 Å². The topological polar surface area (TPSA) is 38.7 Å². The Morgan fingerprint density at radius 3 is 3.14 bits per heavy atom. The minimum absolute atomic E-state index is 0.313. The highest BCUT2D eigenvalue weighted by molar-refractivity contribution is 9.09. The van der Waals surface area contributed by atoms with Crippen LogP contribution in [0.25, 0.3) is 0 Å². The van der Waals surface area contributed by atoms with Crippen LogP contribution in [0.2, 0.25) is 0 Å². The van der Waals surface area contributed by atoms with Crippen LogP contribution in [0.15, 0.2) is 18.2 Å². The van der Waals surface area contributed by atoms with Gasteiger partial charge in [0, 0.05) is 10.9 Å². The van der Waals surface area contributed by atoms with E-state index in [1.165, 1.54) is 0 Å². The Bertz CT molecular complexity index is 327. The van der Waals surface area contributed by atoms with Gasteiger partial charge in [0.05, 0.1) is 12.7 Å². The first-order valence-corrected chi connectivity index (χ1v) is 5.51. The van der Waals surface area contributed by atoms with E-state index in [1.807, 2.05) is 18.2 Å². The van der Waals surface area contributed by atoms with E-state index in [4.69, 9.17) is 9.47 Å². The zero-order chi connectivity index (χ0) is 9.97. The van der Waals surface area contributed by atoms with Crippen LogP contribution in [0.3, 0.4) is 0 Å². The molecule has 0 unspecified atom stereocenters. The third-order valence-electron chi connectivity index (χ3n) is 2.17. The second-order valence-corrected chi connectivity index (χ2v) is 3.80. The second kappa shape index (κ2) is 4.29. The number of aliphatic hydroxyl groups excluding tert-OH is 1. The van der Waals surface area contributed by atoms with E-state index < -0.39 is 6.10 Å². The number of hydrogen-bond acceptors (Lipinski definition) is 3. The largest absolute Gasteiger partial charge is 0.467 e. The molecule has 0 saturated heterocycles. The number of aliphatic hydroxyl groups is 1. The molecular formula is C10H11BrO3. The molecule has 1 N–H and O–H groups in total. The molecule has 14 heavy (non-hydrogen) atoms. The van der Waals surface area contributed by atoms with Gasteiger partial charge in [0.25, 0.3) is 0 Å². The van der Waals surface area contributed by atoms with Crippen molar-refractivity contribution >= 4 is 15.9 Å². The zero-order valence-electron chi connectivity index (χ0n) is 7.57. The summed E-state index contributed by atoms with van der Waals surface area (Å²) in [6.45, 7) is 0.867. The Labute approximate surface area is 90.8 Å². The van der Waals surface area contributed by atoms with Crippen molar-refractivity contribution < 1.29 is 14.6 Å². The molecule has 1 heterocycles. The van der Waals surface area contributed by atoms with Gasteiger partial charge in [-0.1, -0.05) is 22.0 Å². The normalized spacial score (nSPS) is 17.0.